The van der Waals surface area contributed by atoms with Crippen LogP contribution in [0.1, 0.15) is 30.0 Å². The van der Waals surface area contributed by atoms with Gasteiger partial charge in [-0.3, -0.25) is 4.90 Å². The highest BCUT2D eigenvalue weighted by atomic mass is 19.1. The second kappa shape index (κ2) is 6.49. The lowest BCUT2D eigenvalue weighted by Crippen LogP contribution is -2.38. The summed E-state index contributed by atoms with van der Waals surface area (Å²) in [6.07, 6.45) is 1.19. The van der Waals surface area contributed by atoms with Crippen molar-refractivity contribution in [3.8, 4) is 0 Å². The van der Waals surface area contributed by atoms with Crippen LogP contribution < -0.4 is 5.32 Å². The minimum absolute atomic E-state index is 0.0611. The molecule has 0 amide bonds. The van der Waals surface area contributed by atoms with E-state index in [-0.39, 0.29) is 5.82 Å². The second-order valence-corrected chi connectivity index (χ2v) is 5.94. The van der Waals surface area contributed by atoms with Crippen molar-refractivity contribution in [2.45, 2.75) is 33.7 Å². The smallest absolute Gasteiger partial charge is 0.129 e. The predicted molar refractivity (Wildman–Crippen MR) is 77.8 cm³/mol. The number of hydrogen-bond donors (Lipinski definition) is 1. The van der Waals surface area contributed by atoms with E-state index in [1.165, 1.54) is 12.0 Å². The third-order valence-electron chi connectivity index (χ3n) is 3.79. The van der Waals surface area contributed by atoms with Gasteiger partial charge < -0.3 is 5.32 Å². The molecule has 1 unspecified atom stereocenters. The van der Waals surface area contributed by atoms with Crippen molar-refractivity contribution in [2.24, 2.45) is 5.92 Å². The van der Waals surface area contributed by atoms with Gasteiger partial charge in [0.25, 0.3) is 0 Å². The van der Waals surface area contributed by atoms with Crippen molar-refractivity contribution >= 4 is 0 Å². The molecule has 0 bridgehead atoms. The van der Waals surface area contributed by atoms with Crippen molar-refractivity contribution < 1.29 is 4.39 Å². The number of rotatable bonds is 2. The SMILES string of the molecule is Cc1cc(CN2CCCNCC(C)C2)cc(C)c1F. The molecule has 1 N–H and O–H groups in total. The van der Waals surface area contributed by atoms with E-state index in [2.05, 4.69) is 17.1 Å². The van der Waals surface area contributed by atoms with Crippen LogP contribution in [0.15, 0.2) is 12.1 Å². The monoisotopic (exact) mass is 264 g/mol. The molecule has 0 radical (unpaired) electrons. The Bertz CT molecular complexity index is 408. The fourth-order valence-electron chi connectivity index (χ4n) is 2.90. The maximum Gasteiger partial charge on any atom is 0.129 e. The number of benzene rings is 1. The third-order valence-corrected chi connectivity index (χ3v) is 3.79. The largest absolute Gasteiger partial charge is 0.316 e. The molecular weight excluding hydrogens is 239 g/mol. The Kier molecular flexibility index (Phi) is 4.94. The summed E-state index contributed by atoms with van der Waals surface area (Å²) in [5, 5.41) is 3.47. The first kappa shape index (κ1) is 14.5. The van der Waals surface area contributed by atoms with Crippen molar-refractivity contribution in [3.63, 3.8) is 0 Å². The summed E-state index contributed by atoms with van der Waals surface area (Å²) in [4.78, 5) is 2.50. The lowest BCUT2D eigenvalue weighted by molar-refractivity contribution is 0.209. The number of nitrogens with zero attached hydrogens (tertiary/aromatic N) is 1. The molecule has 1 aliphatic heterocycles. The molecule has 1 atom stereocenters. The molecule has 0 spiro atoms. The number of halogens is 1. The zero-order valence-electron chi connectivity index (χ0n) is 12.3. The number of hydrogen-bond acceptors (Lipinski definition) is 2. The lowest BCUT2D eigenvalue weighted by atomic mass is 10.0. The van der Waals surface area contributed by atoms with Crippen LogP contribution in [-0.2, 0) is 6.54 Å². The topological polar surface area (TPSA) is 15.3 Å². The fraction of sp³-hybridized carbons (Fsp3) is 0.625. The van der Waals surface area contributed by atoms with E-state index >= 15 is 0 Å². The molecule has 1 heterocycles. The summed E-state index contributed by atoms with van der Waals surface area (Å²) in [5.74, 6) is 0.608. The standard InChI is InChI=1S/C16H25FN2/c1-12-9-18-5-4-6-19(10-12)11-15-7-13(2)16(17)14(3)8-15/h7-8,12,18H,4-6,9-11H2,1-3H3. The van der Waals surface area contributed by atoms with Crippen molar-refractivity contribution in [1.82, 2.24) is 10.2 Å². The van der Waals surface area contributed by atoms with Gasteiger partial charge in [0.05, 0.1) is 0 Å². The molecule has 1 fully saturated rings. The second-order valence-electron chi connectivity index (χ2n) is 5.94. The van der Waals surface area contributed by atoms with E-state index in [1.54, 1.807) is 0 Å². The molecule has 0 saturated carbocycles. The van der Waals surface area contributed by atoms with Crippen LogP contribution in [0.3, 0.4) is 0 Å². The Morgan fingerprint density at radius 3 is 2.68 bits per heavy atom. The summed E-state index contributed by atoms with van der Waals surface area (Å²) in [6.45, 7) is 11.4. The van der Waals surface area contributed by atoms with E-state index in [9.17, 15) is 4.39 Å². The predicted octanol–water partition coefficient (Wildman–Crippen LogP) is 2.87. The molecule has 1 saturated heterocycles. The van der Waals surface area contributed by atoms with Crippen molar-refractivity contribution in [2.75, 3.05) is 26.2 Å². The molecule has 3 heteroatoms. The number of aryl methyl sites for hydroxylation is 2. The van der Waals surface area contributed by atoms with Gasteiger partial charge in [0, 0.05) is 13.1 Å². The lowest BCUT2D eigenvalue weighted by Gasteiger charge is -2.29. The average Bonchev–Trinajstić information content (AvgIpc) is 2.32. The highest BCUT2D eigenvalue weighted by Crippen LogP contribution is 2.17. The van der Waals surface area contributed by atoms with Crippen molar-refractivity contribution in [3.05, 3.63) is 34.6 Å². The van der Waals surface area contributed by atoms with Gasteiger partial charge in [-0.25, -0.2) is 4.39 Å². The molecule has 0 aromatic heterocycles. The molecule has 1 aromatic carbocycles. The van der Waals surface area contributed by atoms with E-state index < -0.39 is 0 Å². The Morgan fingerprint density at radius 2 is 2.00 bits per heavy atom. The van der Waals surface area contributed by atoms with Gasteiger partial charge in [0.1, 0.15) is 5.82 Å². The molecule has 19 heavy (non-hydrogen) atoms. The highest BCUT2D eigenvalue weighted by molar-refractivity contribution is 5.30. The Balaban J connectivity index is 2.06. The third kappa shape index (κ3) is 4.02. The maximum atomic E-state index is 13.6. The van der Waals surface area contributed by atoms with Gasteiger partial charge in [-0.2, -0.15) is 0 Å². The minimum Gasteiger partial charge on any atom is -0.316 e. The quantitative estimate of drug-likeness (QED) is 0.883. The number of nitrogens with one attached hydrogen (secondary N) is 1. The Morgan fingerprint density at radius 1 is 1.32 bits per heavy atom. The minimum atomic E-state index is -0.0611. The molecule has 1 aromatic rings. The molecule has 2 nitrogen and oxygen atoms in total. The van der Waals surface area contributed by atoms with Crippen molar-refractivity contribution in [1.29, 1.82) is 0 Å². The van der Waals surface area contributed by atoms with Gasteiger partial charge in [-0.15, -0.1) is 0 Å². The maximum absolute atomic E-state index is 13.6. The first-order valence-corrected chi connectivity index (χ1v) is 7.25. The summed E-state index contributed by atoms with van der Waals surface area (Å²) in [5.41, 5.74) is 2.76. The first-order valence-electron chi connectivity index (χ1n) is 7.25. The van der Waals surface area contributed by atoms with Crippen LogP contribution >= 0.6 is 0 Å². The van der Waals surface area contributed by atoms with Gasteiger partial charge >= 0.3 is 0 Å². The van der Waals surface area contributed by atoms with E-state index in [4.69, 9.17) is 0 Å². The molecule has 2 rings (SSSR count). The normalized spacial score (nSPS) is 22.0. The summed E-state index contributed by atoms with van der Waals surface area (Å²) in [6, 6.07) is 3.98. The van der Waals surface area contributed by atoms with Gasteiger partial charge in [0.2, 0.25) is 0 Å². The van der Waals surface area contributed by atoms with Gasteiger partial charge in [0.15, 0.2) is 0 Å². The van der Waals surface area contributed by atoms with Crippen LogP contribution in [0.25, 0.3) is 0 Å². The van der Waals surface area contributed by atoms with Crippen LogP contribution in [0, 0.1) is 25.6 Å². The average molecular weight is 264 g/mol. The highest BCUT2D eigenvalue weighted by Gasteiger charge is 2.14. The van der Waals surface area contributed by atoms with Crippen LogP contribution in [0.4, 0.5) is 4.39 Å². The summed E-state index contributed by atoms with van der Waals surface area (Å²) < 4.78 is 13.6. The molecule has 0 aliphatic carbocycles. The summed E-state index contributed by atoms with van der Waals surface area (Å²) >= 11 is 0. The first-order chi connectivity index (χ1) is 9.06. The Hall–Kier alpha value is -0.930. The zero-order chi connectivity index (χ0) is 13.8. The van der Waals surface area contributed by atoms with Gasteiger partial charge in [-0.1, -0.05) is 19.1 Å². The fourth-order valence-corrected chi connectivity index (χ4v) is 2.90. The Labute approximate surface area is 116 Å². The van der Waals surface area contributed by atoms with Crippen LogP contribution in [0.5, 0.6) is 0 Å². The summed E-state index contributed by atoms with van der Waals surface area (Å²) in [7, 11) is 0. The molecular formula is C16H25FN2. The van der Waals surface area contributed by atoms with Gasteiger partial charge in [-0.05, 0) is 62.5 Å². The molecule has 1 aliphatic rings. The van der Waals surface area contributed by atoms with Crippen LogP contribution in [0.2, 0.25) is 0 Å². The van der Waals surface area contributed by atoms with E-state index in [0.29, 0.717) is 5.92 Å². The van der Waals surface area contributed by atoms with E-state index in [0.717, 1.165) is 43.9 Å². The zero-order valence-corrected chi connectivity index (χ0v) is 12.3. The van der Waals surface area contributed by atoms with E-state index in [1.807, 2.05) is 26.0 Å². The molecule has 106 valence electrons. The van der Waals surface area contributed by atoms with Crippen LogP contribution in [-0.4, -0.2) is 31.1 Å².